The largest absolute Gasteiger partial charge is 0.437 e. The van der Waals surface area contributed by atoms with E-state index in [9.17, 15) is 4.39 Å². The van der Waals surface area contributed by atoms with Gasteiger partial charge in [0.2, 0.25) is 5.88 Å². The number of allylic oxidation sites excluding steroid dienone is 3. The van der Waals surface area contributed by atoms with Gasteiger partial charge in [0.05, 0.1) is 4.70 Å². The molecule has 0 saturated carbocycles. The van der Waals surface area contributed by atoms with Gasteiger partial charge in [0.15, 0.2) is 0 Å². The highest BCUT2D eigenvalue weighted by atomic mass is 32.1. The average Bonchev–Trinajstić information content (AvgIpc) is 3.06. The maximum Gasteiger partial charge on any atom is 0.237 e. The number of fused-ring (bicyclic) bond motifs is 1. The molecule has 0 amide bonds. The molecule has 2 heterocycles. The number of hydrogen-bond acceptors (Lipinski definition) is 5. The first-order chi connectivity index (χ1) is 12.0. The van der Waals surface area contributed by atoms with E-state index in [-0.39, 0.29) is 0 Å². The standard InChI is InChI=1S/C19H18FN3OS/c1-11(10-21)17(12(2)22)15-4-3-14(9-16(15)20)24-19-18-13(5-7-23-19)6-8-25-18/h3-10H,21-22H2,1-2H3/b11-10-,17-12+. The lowest BCUT2D eigenvalue weighted by molar-refractivity contribution is 0.464. The molecular formula is C19H18FN3OS. The first kappa shape index (κ1) is 17.0. The number of rotatable bonds is 4. The van der Waals surface area contributed by atoms with Crippen LogP contribution in [0.3, 0.4) is 0 Å². The van der Waals surface area contributed by atoms with E-state index in [0.717, 1.165) is 10.1 Å². The van der Waals surface area contributed by atoms with Gasteiger partial charge in [-0.2, -0.15) is 0 Å². The summed E-state index contributed by atoms with van der Waals surface area (Å²) in [6, 6.07) is 8.56. The highest BCUT2D eigenvalue weighted by molar-refractivity contribution is 7.17. The number of benzene rings is 1. The van der Waals surface area contributed by atoms with Crippen molar-refractivity contribution in [1.82, 2.24) is 4.98 Å². The number of nitrogens with zero attached hydrogens (tertiary/aromatic N) is 1. The zero-order valence-corrected chi connectivity index (χ0v) is 14.7. The third-order valence-corrected chi connectivity index (χ3v) is 4.72. The summed E-state index contributed by atoms with van der Waals surface area (Å²) < 4.78 is 21.4. The Bertz CT molecular complexity index is 987. The molecule has 128 valence electrons. The molecule has 25 heavy (non-hydrogen) atoms. The minimum absolute atomic E-state index is 0.373. The average molecular weight is 355 g/mol. The summed E-state index contributed by atoms with van der Waals surface area (Å²) in [5, 5.41) is 3.01. The fraction of sp³-hybridized carbons (Fsp3) is 0.105. The van der Waals surface area contributed by atoms with E-state index in [2.05, 4.69) is 4.98 Å². The zero-order valence-electron chi connectivity index (χ0n) is 13.9. The van der Waals surface area contributed by atoms with Crippen LogP contribution in [0, 0.1) is 5.82 Å². The molecule has 0 radical (unpaired) electrons. The molecule has 2 aromatic heterocycles. The van der Waals surface area contributed by atoms with Crippen molar-refractivity contribution in [1.29, 1.82) is 0 Å². The van der Waals surface area contributed by atoms with Gasteiger partial charge < -0.3 is 16.2 Å². The molecule has 4 nitrogen and oxygen atoms in total. The van der Waals surface area contributed by atoms with Crippen molar-refractivity contribution in [2.45, 2.75) is 13.8 Å². The van der Waals surface area contributed by atoms with E-state index in [1.54, 1.807) is 32.2 Å². The van der Waals surface area contributed by atoms with Crippen LogP contribution in [0.15, 0.2) is 59.4 Å². The molecule has 0 saturated heterocycles. The number of halogens is 1. The van der Waals surface area contributed by atoms with E-state index in [1.807, 2.05) is 17.5 Å². The molecule has 0 atom stereocenters. The number of hydrogen-bond donors (Lipinski definition) is 2. The molecule has 1 aromatic carbocycles. The summed E-state index contributed by atoms with van der Waals surface area (Å²) >= 11 is 1.53. The van der Waals surface area contributed by atoms with Crippen molar-refractivity contribution in [3.8, 4) is 11.6 Å². The molecule has 0 aliphatic carbocycles. The molecule has 0 aliphatic heterocycles. The van der Waals surface area contributed by atoms with Crippen LogP contribution in [0.1, 0.15) is 19.4 Å². The van der Waals surface area contributed by atoms with Crippen LogP contribution in [-0.4, -0.2) is 4.98 Å². The first-order valence-corrected chi connectivity index (χ1v) is 8.54. The third-order valence-electron chi connectivity index (χ3n) is 3.80. The van der Waals surface area contributed by atoms with E-state index < -0.39 is 5.82 Å². The van der Waals surface area contributed by atoms with Crippen LogP contribution in [0.25, 0.3) is 15.7 Å². The summed E-state index contributed by atoms with van der Waals surface area (Å²) in [7, 11) is 0. The van der Waals surface area contributed by atoms with Gasteiger partial charge in [-0.15, -0.1) is 11.3 Å². The van der Waals surface area contributed by atoms with Gasteiger partial charge in [0.1, 0.15) is 11.6 Å². The molecule has 0 fully saturated rings. The Balaban J connectivity index is 1.98. The van der Waals surface area contributed by atoms with Gasteiger partial charge >= 0.3 is 0 Å². The van der Waals surface area contributed by atoms with Crippen molar-refractivity contribution in [3.05, 3.63) is 70.8 Å². The van der Waals surface area contributed by atoms with Gasteiger partial charge in [-0.05, 0) is 60.7 Å². The normalized spacial score (nSPS) is 13.0. The molecule has 0 unspecified atom stereocenters. The van der Waals surface area contributed by atoms with Crippen LogP contribution in [0.4, 0.5) is 4.39 Å². The SMILES string of the molecule is CC(=C/N)/C(=C(/C)N)c1ccc(Oc2nccc3ccsc23)cc1F. The van der Waals surface area contributed by atoms with Crippen molar-refractivity contribution in [2.24, 2.45) is 11.5 Å². The van der Waals surface area contributed by atoms with E-state index >= 15 is 0 Å². The molecular weight excluding hydrogens is 337 g/mol. The predicted octanol–water partition coefficient (Wildman–Crippen LogP) is 4.78. The summed E-state index contributed by atoms with van der Waals surface area (Å²) in [4.78, 5) is 4.24. The Morgan fingerprint density at radius 2 is 2.04 bits per heavy atom. The second-order valence-corrected chi connectivity index (χ2v) is 6.52. The highest BCUT2D eigenvalue weighted by Crippen LogP contribution is 2.34. The molecule has 3 aromatic rings. The minimum atomic E-state index is -0.433. The molecule has 0 bridgehead atoms. The number of ether oxygens (including phenoxy) is 1. The van der Waals surface area contributed by atoms with Crippen LogP contribution >= 0.6 is 11.3 Å². The molecule has 0 aliphatic rings. The molecule has 4 N–H and O–H groups in total. The number of aromatic nitrogens is 1. The van der Waals surface area contributed by atoms with E-state index in [0.29, 0.717) is 34.0 Å². The monoisotopic (exact) mass is 355 g/mol. The molecule has 6 heteroatoms. The first-order valence-electron chi connectivity index (χ1n) is 7.66. The predicted molar refractivity (Wildman–Crippen MR) is 101 cm³/mol. The maximum atomic E-state index is 14.7. The second kappa shape index (κ2) is 6.94. The lowest BCUT2D eigenvalue weighted by atomic mass is 9.97. The fourth-order valence-corrected chi connectivity index (χ4v) is 3.45. The fourth-order valence-electron chi connectivity index (χ4n) is 2.63. The van der Waals surface area contributed by atoms with Gasteiger partial charge in [-0.3, -0.25) is 0 Å². The number of thiophene rings is 1. The summed E-state index contributed by atoms with van der Waals surface area (Å²) in [6.07, 6.45) is 3.08. The van der Waals surface area contributed by atoms with Gasteiger partial charge in [0.25, 0.3) is 0 Å². The Labute approximate surface area is 149 Å². The van der Waals surface area contributed by atoms with E-state index in [1.165, 1.54) is 23.6 Å². The second-order valence-electron chi connectivity index (χ2n) is 5.61. The summed E-state index contributed by atoms with van der Waals surface area (Å²) in [5.41, 5.74) is 13.6. The summed E-state index contributed by atoms with van der Waals surface area (Å²) in [6.45, 7) is 3.50. The van der Waals surface area contributed by atoms with Crippen molar-refractivity contribution in [2.75, 3.05) is 0 Å². The molecule has 3 rings (SSSR count). The Kier molecular flexibility index (Phi) is 4.72. The van der Waals surface area contributed by atoms with Crippen molar-refractivity contribution >= 4 is 27.0 Å². The number of nitrogens with two attached hydrogens (primary N) is 2. The van der Waals surface area contributed by atoms with Crippen LogP contribution in [0.2, 0.25) is 0 Å². The van der Waals surface area contributed by atoms with Crippen molar-refractivity contribution < 1.29 is 9.13 Å². The van der Waals surface area contributed by atoms with Gasteiger partial charge in [0, 0.05) is 29.1 Å². The smallest absolute Gasteiger partial charge is 0.237 e. The van der Waals surface area contributed by atoms with Gasteiger partial charge in [-0.25, -0.2) is 9.37 Å². The molecule has 0 spiro atoms. The van der Waals surface area contributed by atoms with Crippen LogP contribution < -0.4 is 16.2 Å². The Morgan fingerprint density at radius 3 is 2.72 bits per heavy atom. The van der Waals surface area contributed by atoms with Crippen molar-refractivity contribution in [3.63, 3.8) is 0 Å². The van der Waals surface area contributed by atoms with Crippen LogP contribution in [-0.2, 0) is 0 Å². The maximum absolute atomic E-state index is 14.7. The lowest BCUT2D eigenvalue weighted by Gasteiger charge is -2.13. The zero-order chi connectivity index (χ0) is 18.0. The topological polar surface area (TPSA) is 74.2 Å². The Morgan fingerprint density at radius 1 is 1.24 bits per heavy atom. The Hall–Kier alpha value is -2.86. The van der Waals surface area contributed by atoms with Crippen LogP contribution in [0.5, 0.6) is 11.6 Å². The highest BCUT2D eigenvalue weighted by Gasteiger charge is 2.14. The number of pyridine rings is 1. The third kappa shape index (κ3) is 3.34. The minimum Gasteiger partial charge on any atom is -0.437 e. The lowest BCUT2D eigenvalue weighted by Crippen LogP contribution is -2.03. The summed E-state index contributed by atoms with van der Waals surface area (Å²) in [5.74, 6) is 0.401. The van der Waals surface area contributed by atoms with Gasteiger partial charge in [-0.1, -0.05) is 0 Å². The quantitative estimate of drug-likeness (QED) is 0.661. The van der Waals surface area contributed by atoms with E-state index in [4.69, 9.17) is 16.2 Å².